The molecular weight excluding hydrogens is 295 g/mol. The zero-order valence-electron chi connectivity index (χ0n) is 12.9. The molecule has 0 bridgehead atoms. The Morgan fingerprint density at radius 1 is 1.00 bits per heavy atom. The minimum absolute atomic E-state index is 0.286. The van der Waals surface area contributed by atoms with Crippen molar-refractivity contribution in [2.45, 2.75) is 66.1 Å². The minimum Gasteiger partial charge on any atom is -0.741 e. The van der Waals surface area contributed by atoms with Crippen molar-refractivity contribution in [1.29, 1.82) is 0 Å². The Balaban J connectivity index is 0. The fourth-order valence-electron chi connectivity index (χ4n) is 1.34. The van der Waals surface area contributed by atoms with Gasteiger partial charge in [0.15, 0.2) is 10.1 Å². The molecule has 20 heavy (non-hydrogen) atoms. The Hall–Kier alpha value is -0.630. The highest BCUT2D eigenvalue weighted by molar-refractivity contribution is 7.86. The van der Waals surface area contributed by atoms with Gasteiger partial charge >= 0.3 is 5.51 Å². The van der Waals surface area contributed by atoms with Crippen molar-refractivity contribution in [3.05, 3.63) is 0 Å². The van der Waals surface area contributed by atoms with Crippen molar-refractivity contribution >= 4 is 16.3 Å². The van der Waals surface area contributed by atoms with Crippen LogP contribution in [0.4, 0.5) is 13.2 Å². The van der Waals surface area contributed by atoms with Gasteiger partial charge in [0.2, 0.25) is 0 Å². The van der Waals surface area contributed by atoms with Crippen molar-refractivity contribution < 1.29 is 30.7 Å². The van der Waals surface area contributed by atoms with E-state index < -0.39 is 15.6 Å². The van der Waals surface area contributed by atoms with Gasteiger partial charge in [0.25, 0.3) is 0 Å². The molecule has 0 rings (SSSR count). The predicted molar refractivity (Wildman–Crippen MR) is 71.8 cm³/mol. The van der Waals surface area contributed by atoms with Crippen LogP contribution in [0.2, 0.25) is 0 Å². The van der Waals surface area contributed by atoms with Gasteiger partial charge in [-0.1, -0.05) is 20.8 Å². The lowest BCUT2D eigenvalue weighted by molar-refractivity contribution is -0.586. The van der Waals surface area contributed by atoms with Crippen LogP contribution in [-0.4, -0.2) is 41.4 Å². The van der Waals surface area contributed by atoms with Gasteiger partial charge < -0.3 is 4.55 Å². The quantitative estimate of drug-likeness (QED) is 0.340. The Morgan fingerprint density at radius 3 is 1.30 bits per heavy atom. The first-order valence-electron chi connectivity index (χ1n) is 6.14. The average molecular weight is 319 g/mol. The van der Waals surface area contributed by atoms with Crippen LogP contribution in [0.1, 0.15) is 48.5 Å². The van der Waals surface area contributed by atoms with E-state index in [2.05, 4.69) is 59.3 Å². The SMILES string of the molecule is CC(C)[N+](=CC(C)(C)C)C(C)C.O=S(=O)([O-])C(F)(F)F. The van der Waals surface area contributed by atoms with Crippen LogP contribution in [0.3, 0.4) is 0 Å². The minimum atomic E-state index is -6.09. The summed E-state index contributed by atoms with van der Waals surface area (Å²) in [5.74, 6) is 0. The third-order valence-corrected chi connectivity index (χ3v) is 2.58. The summed E-state index contributed by atoms with van der Waals surface area (Å²) in [6, 6.07) is 1.20. The number of hydrogen-bond donors (Lipinski definition) is 0. The molecule has 0 atom stereocenters. The number of rotatable bonds is 2. The highest BCUT2D eigenvalue weighted by Gasteiger charge is 2.36. The molecule has 0 amide bonds. The molecule has 0 aromatic rings. The third-order valence-electron chi connectivity index (χ3n) is 2.01. The molecule has 8 heteroatoms. The van der Waals surface area contributed by atoms with Crippen molar-refractivity contribution in [3.8, 4) is 0 Å². The van der Waals surface area contributed by atoms with E-state index in [1.165, 1.54) is 0 Å². The van der Waals surface area contributed by atoms with Gasteiger partial charge in [0.1, 0.15) is 18.3 Å². The van der Waals surface area contributed by atoms with Crippen LogP contribution in [-0.2, 0) is 10.1 Å². The standard InChI is InChI=1S/C11H24N.CHF3O3S/c1-9(2)12(10(3)4)8-11(5,6)7;2-1(3,4)8(5,6)7/h8-10H,1-7H3;(H,5,6,7)/q+1;/p-1. The first-order valence-corrected chi connectivity index (χ1v) is 7.55. The maximum atomic E-state index is 10.7. The van der Waals surface area contributed by atoms with E-state index in [0.717, 1.165) is 0 Å². The molecule has 0 spiro atoms. The topological polar surface area (TPSA) is 60.2 Å². The maximum absolute atomic E-state index is 10.7. The molecule has 0 N–H and O–H groups in total. The van der Waals surface area contributed by atoms with E-state index in [0.29, 0.717) is 12.1 Å². The van der Waals surface area contributed by atoms with Gasteiger partial charge in [0, 0.05) is 5.41 Å². The summed E-state index contributed by atoms with van der Waals surface area (Å²) in [6.07, 6.45) is 2.34. The van der Waals surface area contributed by atoms with E-state index in [-0.39, 0.29) is 5.41 Å². The molecule has 122 valence electrons. The zero-order valence-corrected chi connectivity index (χ0v) is 13.8. The molecule has 0 aliphatic heterocycles. The zero-order chi connectivity index (χ0) is 16.9. The summed E-state index contributed by atoms with van der Waals surface area (Å²) in [6.45, 7) is 15.7. The molecule has 0 aliphatic carbocycles. The Labute approximate surface area is 119 Å². The van der Waals surface area contributed by atoms with E-state index in [1.54, 1.807) is 0 Å². The van der Waals surface area contributed by atoms with E-state index in [9.17, 15) is 13.2 Å². The predicted octanol–water partition coefficient (Wildman–Crippen LogP) is 2.98. The van der Waals surface area contributed by atoms with Gasteiger partial charge in [-0.2, -0.15) is 13.2 Å². The fraction of sp³-hybridized carbons (Fsp3) is 0.917. The summed E-state index contributed by atoms with van der Waals surface area (Å²) < 4.78 is 61.3. The van der Waals surface area contributed by atoms with E-state index >= 15 is 0 Å². The summed E-state index contributed by atoms with van der Waals surface area (Å²) in [4.78, 5) is 0. The normalized spacial score (nSPS) is 13.1. The summed E-state index contributed by atoms with van der Waals surface area (Å²) in [7, 11) is -6.09. The van der Waals surface area contributed by atoms with Crippen molar-refractivity contribution in [3.63, 3.8) is 0 Å². The second-order valence-corrected chi connectivity index (χ2v) is 7.40. The number of nitrogens with zero attached hydrogens (tertiary/aromatic N) is 1. The van der Waals surface area contributed by atoms with Gasteiger partial charge in [-0.05, 0) is 27.7 Å². The lowest BCUT2D eigenvalue weighted by Crippen LogP contribution is -2.32. The monoisotopic (exact) mass is 319 g/mol. The molecule has 4 nitrogen and oxygen atoms in total. The van der Waals surface area contributed by atoms with Gasteiger partial charge in [-0.25, -0.2) is 13.0 Å². The van der Waals surface area contributed by atoms with Crippen molar-refractivity contribution in [1.82, 2.24) is 0 Å². The number of hydrogen-bond acceptors (Lipinski definition) is 3. The molecule has 0 saturated carbocycles. The average Bonchev–Trinajstić information content (AvgIpc) is 2.09. The number of halogens is 3. The molecule has 0 unspecified atom stereocenters. The fourth-order valence-corrected chi connectivity index (χ4v) is 1.34. The molecule has 0 aliphatic rings. The third kappa shape index (κ3) is 10.2. The van der Waals surface area contributed by atoms with Crippen molar-refractivity contribution in [2.75, 3.05) is 0 Å². The molecule has 0 aromatic heterocycles. The lowest BCUT2D eigenvalue weighted by atomic mass is 9.98. The first-order chi connectivity index (χ1) is 8.49. The first kappa shape index (κ1) is 21.7. The van der Waals surface area contributed by atoms with Crippen LogP contribution >= 0.6 is 0 Å². The molecule has 0 aromatic carbocycles. The molecule has 0 fully saturated rings. The Morgan fingerprint density at radius 2 is 1.25 bits per heavy atom. The van der Waals surface area contributed by atoms with Crippen LogP contribution in [0.15, 0.2) is 0 Å². The van der Waals surface area contributed by atoms with Gasteiger partial charge in [0.05, 0.1) is 0 Å². The largest absolute Gasteiger partial charge is 0.741 e. The van der Waals surface area contributed by atoms with E-state index in [4.69, 9.17) is 13.0 Å². The Bertz CT molecular complexity index is 408. The molecular formula is C12H24F3NO3S. The number of alkyl halides is 3. The molecule has 0 saturated heterocycles. The second-order valence-electron chi connectivity index (χ2n) is 6.03. The summed E-state index contributed by atoms with van der Waals surface area (Å²) >= 11 is 0. The lowest BCUT2D eigenvalue weighted by Gasteiger charge is -2.16. The second kappa shape index (κ2) is 7.40. The smallest absolute Gasteiger partial charge is 0.485 e. The maximum Gasteiger partial charge on any atom is 0.485 e. The molecule has 0 heterocycles. The van der Waals surface area contributed by atoms with Gasteiger partial charge in [-0.15, -0.1) is 0 Å². The Kier molecular flexibility index (Phi) is 8.01. The van der Waals surface area contributed by atoms with Crippen molar-refractivity contribution in [2.24, 2.45) is 5.41 Å². The van der Waals surface area contributed by atoms with Gasteiger partial charge in [-0.3, -0.25) is 0 Å². The van der Waals surface area contributed by atoms with Crippen LogP contribution < -0.4 is 0 Å². The van der Waals surface area contributed by atoms with Crippen LogP contribution in [0, 0.1) is 5.41 Å². The van der Waals surface area contributed by atoms with E-state index in [1.807, 2.05) is 0 Å². The highest BCUT2D eigenvalue weighted by Crippen LogP contribution is 2.20. The van der Waals surface area contributed by atoms with Crippen LogP contribution in [0.25, 0.3) is 0 Å². The molecule has 0 radical (unpaired) electrons. The summed E-state index contributed by atoms with van der Waals surface area (Å²) in [5.41, 5.74) is -5.36. The van der Waals surface area contributed by atoms with Crippen LogP contribution in [0.5, 0.6) is 0 Å². The summed E-state index contributed by atoms with van der Waals surface area (Å²) in [5, 5.41) is 0. The highest BCUT2D eigenvalue weighted by atomic mass is 32.2.